The molecule has 1 aromatic rings. The lowest BCUT2D eigenvalue weighted by atomic mass is 9.88. The number of rotatable bonds is 1. The molecule has 3 rings (SSSR count). The highest BCUT2D eigenvalue weighted by Gasteiger charge is 2.45. The molecule has 1 saturated heterocycles. The Morgan fingerprint density at radius 1 is 1.04 bits per heavy atom. The minimum absolute atomic E-state index is 0.0915. The standard InChI is InChI=1S/C20H26N2O4/c1-19(2,3)17(24)21-9-11-22(12-10-21)18(25)20(4)13-14-7-5-6-8-15(14)16(23)26-20/h5-8H,9-13H2,1-4H3. The number of fused-ring (bicyclic) bond motifs is 1. The number of benzene rings is 1. The van der Waals surface area contributed by atoms with Crippen molar-refractivity contribution < 1.29 is 19.1 Å². The van der Waals surface area contributed by atoms with Crippen LogP contribution in [0.15, 0.2) is 24.3 Å². The third kappa shape index (κ3) is 3.32. The van der Waals surface area contributed by atoms with E-state index in [0.29, 0.717) is 38.2 Å². The van der Waals surface area contributed by atoms with Gasteiger partial charge in [0.1, 0.15) is 0 Å². The van der Waals surface area contributed by atoms with Crippen LogP contribution in [0.5, 0.6) is 0 Å². The van der Waals surface area contributed by atoms with Gasteiger partial charge in [0.05, 0.1) is 5.56 Å². The molecule has 0 radical (unpaired) electrons. The van der Waals surface area contributed by atoms with Crippen LogP contribution < -0.4 is 0 Å². The summed E-state index contributed by atoms with van der Waals surface area (Å²) in [6.45, 7) is 9.28. The smallest absolute Gasteiger partial charge is 0.339 e. The van der Waals surface area contributed by atoms with Crippen LogP contribution in [0, 0.1) is 5.41 Å². The van der Waals surface area contributed by atoms with Crippen molar-refractivity contribution in [2.75, 3.05) is 26.2 Å². The van der Waals surface area contributed by atoms with E-state index in [4.69, 9.17) is 4.74 Å². The van der Waals surface area contributed by atoms with Gasteiger partial charge in [-0.1, -0.05) is 39.0 Å². The highest BCUT2D eigenvalue weighted by molar-refractivity contribution is 5.97. The molecule has 1 unspecified atom stereocenters. The van der Waals surface area contributed by atoms with Gasteiger partial charge in [0.25, 0.3) is 5.91 Å². The number of nitrogens with zero attached hydrogens (tertiary/aromatic N) is 2. The maximum Gasteiger partial charge on any atom is 0.339 e. The fourth-order valence-corrected chi connectivity index (χ4v) is 3.57. The number of carbonyl (C=O) groups excluding carboxylic acids is 3. The molecule has 6 heteroatoms. The fraction of sp³-hybridized carbons (Fsp3) is 0.550. The molecule has 1 atom stereocenters. The molecule has 2 amide bonds. The zero-order valence-electron chi connectivity index (χ0n) is 15.9. The molecular formula is C20H26N2O4. The molecule has 140 valence electrons. The van der Waals surface area contributed by atoms with E-state index in [1.54, 1.807) is 28.9 Å². The molecule has 1 aromatic carbocycles. The van der Waals surface area contributed by atoms with E-state index >= 15 is 0 Å². The summed E-state index contributed by atoms with van der Waals surface area (Å²) in [6.07, 6.45) is 0.370. The molecule has 1 fully saturated rings. The zero-order chi connectivity index (χ0) is 19.1. The maximum absolute atomic E-state index is 13.0. The zero-order valence-corrected chi connectivity index (χ0v) is 15.9. The predicted molar refractivity (Wildman–Crippen MR) is 96.6 cm³/mol. The first-order chi connectivity index (χ1) is 12.1. The van der Waals surface area contributed by atoms with Gasteiger partial charge in [0.2, 0.25) is 5.91 Å². The number of hydrogen-bond donors (Lipinski definition) is 0. The quantitative estimate of drug-likeness (QED) is 0.719. The normalized spacial score (nSPS) is 23.3. The van der Waals surface area contributed by atoms with Gasteiger partial charge in [-0.2, -0.15) is 0 Å². The van der Waals surface area contributed by atoms with Crippen LogP contribution in [0.4, 0.5) is 0 Å². The van der Waals surface area contributed by atoms with Crippen LogP contribution in [0.2, 0.25) is 0 Å². The highest BCUT2D eigenvalue weighted by atomic mass is 16.6. The number of piperazine rings is 1. The molecule has 0 saturated carbocycles. The van der Waals surface area contributed by atoms with Gasteiger partial charge in [-0.3, -0.25) is 9.59 Å². The van der Waals surface area contributed by atoms with Crippen LogP contribution in [-0.4, -0.2) is 59.4 Å². The SMILES string of the molecule is CC(C)(C)C(=O)N1CCN(C(=O)C2(C)Cc3ccccc3C(=O)O2)CC1. The minimum Gasteiger partial charge on any atom is -0.445 e. The van der Waals surface area contributed by atoms with Crippen LogP contribution in [0.25, 0.3) is 0 Å². The Bertz CT molecular complexity index is 744. The molecule has 2 aliphatic heterocycles. The van der Waals surface area contributed by atoms with Gasteiger partial charge in [-0.15, -0.1) is 0 Å². The number of esters is 1. The molecule has 6 nitrogen and oxygen atoms in total. The lowest BCUT2D eigenvalue weighted by Gasteiger charge is -2.42. The average molecular weight is 358 g/mol. The third-order valence-electron chi connectivity index (χ3n) is 5.03. The molecule has 2 aliphatic rings. The molecule has 26 heavy (non-hydrogen) atoms. The summed E-state index contributed by atoms with van der Waals surface area (Å²) in [5.74, 6) is -0.554. The summed E-state index contributed by atoms with van der Waals surface area (Å²) >= 11 is 0. The van der Waals surface area contributed by atoms with Crippen molar-refractivity contribution in [3.8, 4) is 0 Å². The van der Waals surface area contributed by atoms with E-state index in [2.05, 4.69) is 0 Å². The van der Waals surface area contributed by atoms with Gasteiger partial charge >= 0.3 is 5.97 Å². The average Bonchev–Trinajstić information content (AvgIpc) is 2.59. The first-order valence-corrected chi connectivity index (χ1v) is 9.02. The first kappa shape index (κ1) is 18.4. The van der Waals surface area contributed by atoms with E-state index in [1.807, 2.05) is 32.9 Å². The van der Waals surface area contributed by atoms with E-state index in [0.717, 1.165) is 5.56 Å². The van der Waals surface area contributed by atoms with Crippen molar-refractivity contribution in [3.63, 3.8) is 0 Å². The van der Waals surface area contributed by atoms with Gasteiger partial charge in [-0.25, -0.2) is 4.79 Å². The van der Waals surface area contributed by atoms with Gasteiger partial charge in [0.15, 0.2) is 5.60 Å². The van der Waals surface area contributed by atoms with Crippen molar-refractivity contribution >= 4 is 17.8 Å². The maximum atomic E-state index is 13.0. The lowest BCUT2D eigenvalue weighted by Crippen LogP contribution is -2.59. The monoisotopic (exact) mass is 358 g/mol. The molecular weight excluding hydrogens is 332 g/mol. The van der Waals surface area contributed by atoms with E-state index in [1.165, 1.54) is 0 Å². The fourth-order valence-electron chi connectivity index (χ4n) is 3.57. The third-order valence-corrected chi connectivity index (χ3v) is 5.03. The van der Waals surface area contributed by atoms with E-state index < -0.39 is 17.0 Å². The largest absolute Gasteiger partial charge is 0.445 e. The Morgan fingerprint density at radius 2 is 1.62 bits per heavy atom. The molecule has 0 bridgehead atoms. The van der Waals surface area contributed by atoms with Gasteiger partial charge < -0.3 is 14.5 Å². The number of carbonyl (C=O) groups is 3. The summed E-state index contributed by atoms with van der Waals surface area (Å²) < 4.78 is 5.53. The minimum atomic E-state index is -1.19. The van der Waals surface area contributed by atoms with Crippen molar-refractivity contribution in [2.24, 2.45) is 5.41 Å². The second-order valence-electron chi connectivity index (χ2n) is 8.29. The van der Waals surface area contributed by atoms with Crippen LogP contribution in [0.3, 0.4) is 0 Å². The van der Waals surface area contributed by atoms with Crippen molar-refractivity contribution in [2.45, 2.75) is 39.7 Å². The highest BCUT2D eigenvalue weighted by Crippen LogP contribution is 2.30. The van der Waals surface area contributed by atoms with Gasteiger partial charge in [-0.05, 0) is 18.6 Å². The summed E-state index contributed by atoms with van der Waals surface area (Å²) in [6, 6.07) is 7.23. The van der Waals surface area contributed by atoms with Crippen molar-refractivity contribution in [1.29, 1.82) is 0 Å². The Kier molecular flexibility index (Phi) is 4.54. The summed E-state index contributed by atoms with van der Waals surface area (Å²) in [5, 5.41) is 0. The second kappa shape index (κ2) is 6.41. The van der Waals surface area contributed by atoms with E-state index in [-0.39, 0.29) is 11.8 Å². The van der Waals surface area contributed by atoms with Gasteiger partial charge in [0, 0.05) is 38.0 Å². The summed E-state index contributed by atoms with van der Waals surface area (Å²) in [4.78, 5) is 41.2. The molecule has 2 heterocycles. The second-order valence-corrected chi connectivity index (χ2v) is 8.29. The Labute approximate surface area is 154 Å². The summed E-state index contributed by atoms with van der Waals surface area (Å²) in [7, 11) is 0. The van der Waals surface area contributed by atoms with Crippen LogP contribution >= 0.6 is 0 Å². The van der Waals surface area contributed by atoms with Crippen molar-refractivity contribution in [1.82, 2.24) is 9.80 Å². The van der Waals surface area contributed by atoms with Crippen LogP contribution in [0.1, 0.15) is 43.6 Å². The molecule has 0 aliphatic carbocycles. The number of ether oxygens (including phenoxy) is 1. The first-order valence-electron chi connectivity index (χ1n) is 9.02. The number of hydrogen-bond acceptors (Lipinski definition) is 4. The van der Waals surface area contributed by atoms with Crippen LogP contribution in [-0.2, 0) is 20.7 Å². The Hall–Kier alpha value is -2.37. The topological polar surface area (TPSA) is 66.9 Å². The number of cyclic esters (lactones) is 1. The number of amides is 2. The Balaban J connectivity index is 1.69. The van der Waals surface area contributed by atoms with Crippen molar-refractivity contribution in [3.05, 3.63) is 35.4 Å². The lowest BCUT2D eigenvalue weighted by molar-refractivity contribution is -0.155. The molecule has 0 N–H and O–H groups in total. The Morgan fingerprint density at radius 3 is 2.23 bits per heavy atom. The molecule has 0 aromatic heterocycles. The van der Waals surface area contributed by atoms with E-state index in [9.17, 15) is 14.4 Å². The predicted octanol–water partition coefficient (Wildman–Crippen LogP) is 1.88. The molecule has 0 spiro atoms. The summed E-state index contributed by atoms with van der Waals surface area (Å²) in [5.41, 5.74) is -0.262.